The van der Waals surface area contributed by atoms with Crippen LogP contribution in [0.4, 0.5) is 0 Å². The van der Waals surface area contributed by atoms with Crippen LogP contribution in [-0.4, -0.2) is 46.9 Å². The quantitative estimate of drug-likeness (QED) is 0.878. The molecule has 7 nitrogen and oxygen atoms in total. The molecule has 1 saturated heterocycles. The Hall–Kier alpha value is -2.32. The Morgan fingerprint density at radius 1 is 1.29 bits per heavy atom. The van der Waals surface area contributed by atoms with Gasteiger partial charge in [0.2, 0.25) is 10.0 Å². The predicted octanol–water partition coefficient (Wildman–Crippen LogP) is 1.43. The van der Waals surface area contributed by atoms with E-state index in [1.807, 2.05) is 0 Å². The Morgan fingerprint density at radius 2 is 2.12 bits per heavy atom. The number of rotatable bonds is 5. The number of carboxylic acids is 1. The molecule has 1 aliphatic rings. The van der Waals surface area contributed by atoms with Gasteiger partial charge in [-0.15, -0.1) is 0 Å². The predicted molar refractivity (Wildman–Crippen MR) is 86.0 cm³/mol. The highest BCUT2D eigenvalue weighted by atomic mass is 32.2. The molecule has 3 rings (SSSR count). The van der Waals surface area contributed by atoms with Gasteiger partial charge in [-0.3, -0.25) is 9.97 Å². The van der Waals surface area contributed by atoms with E-state index in [-0.39, 0.29) is 16.4 Å². The van der Waals surface area contributed by atoms with E-state index >= 15 is 0 Å². The van der Waals surface area contributed by atoms with Gasteiger partial charge in [-0.1, -0.05) is 0 Å². The van der Waals surface area contributed by atoms with Crippen LogP contribution < -0.4 is 0 Å². The average Bonchev–Trinajstić information content (AvgIpc) is 3.05. The van der Waals surface area contributed by atoms with Crippen molar-refractivity contribution in [3.63, 3.8) is 0 Å². The summed E-state index contributed by atoms with van der Waals surface area (Å²) in [5, 5.41) is 9.01. The smallest absolute Gasteiger partial charge is 0.337 e. The van der Waals surface area contributed by atoms with E-state index in [9.17, 15) is 13.2 Å². The van der Waals surface area contributed by atoms with Gasteiger partial charge in [0.15, 0.2) is 0 Å². The van der Waals surface area contributed by atoms with E-state index in [2.05, 4.69) is 9.97 Å². The average molecular weight is 347 g/mol. The van der Waals surface area contributed by atoms with Crippen molar-refractivity contribution in [2.24, 2.45) is 5.92 Å². The van der Waals surface area contributed by atoms with Gasteiger partial charge in [-0.25, -0.2) is 13.2 Å². The second-order valence-electron chi connectivity index (χ2n) is 5.80. The fraction of sp³-hybridized carbons (Fsp3) is 0.312. The SMILES string of the molecule is O=C(O)c1cncc(CC2CCN(S(=O)(=O)c3cccnc3)C2)c1. The first-order valence-electron chi connectivity index (χ1n) is 7.54. The Morgan fingerprint density at radius 3 is 2.83 bits per heavy atom. The van der Waals surface area contributed by atoms with Gasteiger partial charge >= 0.3 is 5.97 Å². The van der Waals surface area contributed by atoms with E-state index in [0.29, 0.717) is 19.5 Å². The molecule has 1 unspecified atom stereocenters. The van der Waals surface area contributed by atoms with E-state index < -0.39 is 16.0 Å². The van der Waals surface area contributed by atoms with Crippen LogP contribution in [0, 0.1) is 5.92 Å². The van der Waals surface area contributed by atoms with Crippen molar-refractivity contribution in [3.05, 3.63) is 54.1 Å². The first-order chi connectivity index (χ1) is 11.5. The highest BCUT2D eigenvalue weighted by Gasteiger charge is 2.32. The fourth-order valence-corrected chi connectivity index (χ4v) is 4.38. The fourth-order valence-electron chi connectivity index (χ4n) is 2.88. The van der Waals surface area contributed by atoms with Crippen LogP contribution in [0.2, 0.25) is 0 Å². The molecular formula is C16H17N3O4S. The third-order valence-electron chi connectivity index (χ3n) is 4.09. The molecule has 3 heterocycles. The number of hydrogen-bond acceptors (Lipinski definition) is 5. The van der Waals surface area contributed by atoms with E-state index in [4.69, 9.17) is 5.11 Å². The molecule has 2 aromatic heterocycles. The number of sulfonamides is 1. The summed E-state index contributed by atoms with van der Waals surface area (Å²) in [6, 6.07) is 4.73. The molecule has 1 fully saturated rings. The first-order valence-corrected chi connectivity index (χ1v) is 8.98. The minimum absolute atomic E-state index is 0.141. The maximum absolute atomic E-state index is 12.6. The van der Waals surface area contributed by atoms with Crippen LogP contribution in [0.3, 0.4) is 0 Å². The molecule has 1 atom stereocenters. The number of pyridine rings is 2. The molecule has 0 bridgehead atoms. The maximum Gasteiger partial charge on any atom is 0.337 e. The van der Waals surface area contributed by atoms with Crippen molar-refractivity contribution >= 4 is 16.0 Å². The maximum atomic E-state index is 12.6. The zero-order chi connectivity index (χ0) is 17.2. The molecule has 0 aliphatic carbocycles. The van der Waals surface area contributed by atoms with E-state index in [1.54, 1.807) is 18.3 Å². The Labute approximate surface area is 140 Å². The van der Waals surface area contributed by atoms with Gasteiger partial charge in [0.25, 0.3) is 0 Å². The van der Waals surface area contributed by atoms with E-state index in [0.717, 1.165) is 12.0 Å². The Kier molecular flexibility index (Phi) is 4.59. The van der Waals surface area contributed by atoms with Crippen LogP contribution in [0.1, 0.15) is 22.3 Å². The summed E-state index contributed by atoms with van der Waals surface area (Å²) < 4.78 is 26.6. The Bertz CT molecular complexity index is 839. The summed E-state index contributed by atoms with van der Waals surface area (Å²) in [7, 11) is -3.52. The molecule has 8 heteroatoms. The first kappa shape index (κ1) is 16.5. The molecule has 24 heavy (non-hydrogen) atoms. The molecule has 0 amide bonds. The summed E-state index contributed by atoms with van der Waals surface area (Å²) in [6.45, 7) is 0.864. The second kappa shape index (κ2) is 6.66. The van der Waals surface area contributed by atoms with Gasteiger partial charge in [0.05, 0.1) is 5.56 Å². The van der Waals surface area contributed by atoms with Gasteiger partial charge in [-0.05, 0) is 42.5 Å². The third-order valence-corrected chi connectivity index (χ3v) is 5.94. The van der Waals surface area contributed by atoms with Crippen molar-refractivity contribution in [2.45, 2.75) is 17.7 Å². The molecule has 0 aromatic carbocycles. The molecular weight excluding hydrogens is 330 g/mol. The zero-order valence-corrected chi connectivity index (χ0v) is 13.7. The van der Waals surface area contributed by atoms with Crippen LogP contribution in [0.15, 0.2) is 47.9 Å². The van der Waals surface area contributed by atoms with Crippen molar-refractivity contribution in [1.82, 2.24) is 14.3 Å². The Balaban J connectivity index is 1.70. The molecule has 1 N–H and O–H groups in total. The topological polar surface area (TPSA) is 100 Å². The van der Waals surface area contributed by atoms with Gasteiger partial charge < -0.3 is 5.11 Å². The summed E-state index contributed by atoms with van der Waals surface area (Å²) >= 11 is 0. The van der Waals surface area contributed by atoms with Crippen LogP contribution in [0.25, 0.3) is 0 Å². The lowest BCUT2D eigenvalue weighted by molar-refractivity contribution is 0.0696. The summed E-state index contributed by atoms with van der Waals surface area (Å²) in [5.74, 6) is -0.876. The summed E-state index contributed by atoms with van der Waals surface area (Å²) in [4.78, 5) is 19.0. The molecule has 126 valence electrons. The normalized spacial score (nSPS) is 18.6. The molecule has 1 aliphatic heterocycles. The minimum Gasteiger partial charge on any atom is -0.478 e. The lowest BCUT2D eigenvalue weighted by Crippen LogP contribution is -2.29. The number of hydrogen-bond donors (Lipinski definition) is 1. The summed E-state index contributed by atoms with van der Waals surface area (Å²) in [6.07, 6.45) is 7.16. The minimum atomic E-state index is -3.52. The molecule has 0 spiro atoms. The highest BCUT2D eigenvalue weighted by Crippen LogP contribution is 2.26. The van der Waals surface area contributed by atoms with Crippen molar-refractivity contribution < 1.29 is 18.3 Å². The van der Waals surface area contributed by atoms with Gasteiger partial charge in [0, 0.05) is 37.9 Å². The van der Waals surface area contributed by atoms with Gasteiger partial charge in [-0.2, -0.15) is 4.31 Å². The molecule has 0 radical (unpaired) electrons. The highest BCUT2D eigenvalue weighted by molar-refractivity contribution is 7.89. The van der Waals surface area contributed by atoms with Crippen LogP contribution in [-0.2, 0) is 16.4 Å². The molecule has 2 aromatic rings. The number of nitrogens with zero attached hydrogens (tertiary/aromatic N) is 3. The van der Waals surface area contributed by atoms with Crippen molar-refractivity contribution in [3.8, 4) is 0 Å². The lowest BCUT2D eigenvalue weighted by atomic mass is 9.99. The van der Waals surface area contributed by atoms with Crippen LogP contribution in [0.5, 0.6) is 0 Å². The van der Waals surface area contributed by atoms with Crippen molar-refractivity contribution in [2.75, 3.05) is 13.1 Å². The largest absolute Gasteiger partial charge is 0.478 e. The van der Waals surface area contributed by atoms with Crippen LogP contribution >= 0.6 is 0 Å². The van der Waals surface area contributed by atoms with Gasteiger partial charge in [0.1, 0.15) is 4.90 Å². The number of aromatic nitrogens is 2. The summed E-state index contributed by atoms with van der Waals surface area (Å²) in [5.41, 5.74) is 0.950. The lowest BCUT2D eigenvalue weighted by Gasteiger charge is -2.16. The monoisotopic (exact) mass is 347 g/mol. The zero-order valence-electron chi connectivity index (χ0n) is 12.9. The van der Waals surface area contributed by atoms with Crippen molar-refractivity contribution in [1.29, 1.82) is 0 Å². The second-order valence-corrected chi connectivity index (χ2v) is 7.74. The third kappa shape index (κ3) is 3.44. The van der Waals surface area contributed by atoms with E-state index in [1.165, 1.54) is 29.0 Å². The number of carboxylic acid groups (broad SMARTS) is 1. The number of carbonyl (C=O) groups is 1. The number of aromatic carboxylic acids is 1. The molecule has 0 saturated carbocycles. The standard InChI is InChI=1S/C16H17N3O4S/c20-16(21)14-7-13(8-18-9-14)6-12-3-5-19(11-12)24(22,23)15-2-1-4-17-10-15/h1-2,4,7-10,12H,3,5-6,11H2,(H,20,21).